The SMILES string of the molecule is CN(C(=O)c1ccc(F)c(F)c1)c1cccc(O)c1. The van der Waals surface area contributed by atoms with Gasteiger partial charge in [0.1, 0.15) is 5.75 Å². The maximum Gasteiger partial charge on any atom is 0.258 e. The van der Waals surface area contributed by atoms with Crippen molar-refractivity contribution in [3.63, 3.8) is 0 Å². The quantitative estimate of drug-likeness (QED) is 0.905. The Morgan fingerprint density at radius 2 is 1.84 bits per heavy atom. The van der Waals surface area contributed by atoms with Gasteiger partial charge in [-0.25, -0.2) is 8.78 Å². The van der Waals surface area contributed by atoms with Gasteiger partial charge in [-0.15, -0.1) is 0 Å². The molecule has 19 heavy (non-hydrogen) atoms. The van der Waals surface area contributed by atoms with E-state index in [-0.39, 0.29) is 11.3 Å². The molecule has 0 aromatic heterocycles. The Balaban J connectivity index is 2.30. The fourth-order valence-electron chi connectivity index (χ4n) is 1.64. The molecule has 1 amide bonds. The van der Waals surface area contributed by atoms with E-state index in [1.165, 1.54) is 30.1 Å². The zero-order chi connectivity index (χ0) is 14.0. The number of carbonyl (C=O) groups excluding carboxylic acids is 1. The number of phenolic OH excluding ortho intramolecular Hbond substituents is 1. The van der Waals surface area contributed by atoms with E-state index in [2.05, 4.69) is 0 Å². The van der Waals surface area contributed by atoms with Crippen molar-refractivity contribution < 1.29 is 18.7 Å². The minimum atomic E-state index is -1.07. The van der Waals surface area contributed by atoms with Gasteiger partial charge in [0.05, 0.1) is 0 Å². The number of nitrogens with zero attached hydrogens (tertiary/aromatic N) is 1. The smallest absolute Gasteiger partial charge is 0.258 e. The van der Waals surface area contributed by atoms with Gasteiger partial charge < -0.3 is 10.0 Å². The molecule has 0 bridgehead atoms. The van der Waals surface area contributed by atoms with Crippen LogP contribution in [0, 0.1) is 11.6 Å². The second-order valence-electron chi connectivity index (χ2n) is 4.01. The van der Waals surface area contributed by atoms with Gasteiger partial charge in [-0.05, 0) is 30.3 Å². The third-order valence-corrected chi connectivity index (χ3v) is 2.69. The summed E-state index contributed by atoms with van der Waals surface area (Å²) < 4.78 is 25.9. The molecule has 2 rings (SSSR count). The van der Waals surface area contributed by atoms with Crippen molar-refractivity contribution in [2.45, 2.75) is 0 Å². The van der Waals surface area contributed by atoms with Crippen LogP contribution in [-0.4, -0.2) is 18.1 Å². The highest BCUT2D eigenvalue weighted by Gasteiger charge is 2.15. The largest absolute Gasteiger partial charge is 0.508 e. The third-order valence-electron chi connectivity index (χ3n) is 2.69. The fraction of sp³-hybridized carbons (Fsp3) is 0.0714. The van der Waals surface area contributed by atoms with E-state index in [4.69, 9.17) is 0 Å². The number of rotatable bonds is 2. The van der Waals surface area contributed by atoms with Crippen LogP contribution in [0.25, 0.3) is 0 Å². The zero-order valence-corrected chi connectivity index (χ0v) is 10.1. The lowest BCUT2D eigenvalue weighted by atomic mass is 10.1. The molecule has 0 aliphatic rings. The van der Waals surface area contributed by atoms with E-state index in [1.54, 1.807) is 12.1 Å². The highest BCUT2D eigenvalue weighted by atomic mass is 19.2. The predicted molar refractivity (Wildman–Crippen MR) is 67.2 cm³/mol. The van der Waals surface area contributed by atoms with Crippen LogP contribution < -0.4 is 4.90 Å². The van der Waals surface area contributed by atoms with Crippen LogP contribution >= 0.6 is 0 Å². The van der Waals surface area contributed by atoms with Crippen molar-refractivity contribution >= 4 is 11.6 Å². The number of halogens is 2. The molecule has 3 nitrogen and oxygen atoms in total. The molecule has 0 aliphatic heterocycles. The van der Waals surface area contributed by atoms with E-state index >= 15 is 0 Å². The summed E-state index contributed by atoms with van der Waals surface area (Å²) in [7, 11) is 1.48. The van der Waals surface area contributed by atoms with Crippen molar-refractivity contribution in [1.29, 1.82) is 0 Å². The molecule has 0 heterocycles. The van der Waals surface area contributed by atoms with Crippen molar-refractivity contribution in [3.8, 4) is 5.75 Å². The van der Waals surface area contributed by atoms with E-state index < -0.39 is 17.5 Å². The summed E-state index contributed by atoms with van der Waals surface area (Å²) in [6.45, 7) is 0. The number of phenols is 1. The number of amides is 1. The van der Waals surface area contributed by atoms with E-state index in [1.807, 2.05) is 0 Å². The second kappa shape index (κ2) is 5.06. The average Bonchev–Trinajstić information content (AvgIpc) is 2.40. The predicted octanol–water partition coefficient (Wildman–Crippen LogP) is 2.95. The number of hydrogen-bond acceptors (Lipinski definition) is 2. The van der Waals surface area contributed by atoms with Gasteiger partial charge in [-0.2, -0.15) is 0 Å². The maximum atomic E-state index is 13.1. The number of benzene rings is 2. The monoisotopic (exact) mass is 263 g/mol. The molecule has 5 heteroatoms. The van der Waals surface area contributed by atoms with Gasteiger partial charge in [0.25, 0.3) is 5.91 Å². The topological polar surface area (TPSA) is 40.5 Å². The van der Waals surface area contributed by atoms with E-state index in [9.17, 15) is 18.7 Å². The highest BCUT2D eigenvalue weighted by Crippen LogP contribution is 2.21. The molecule has 0 saturated heterocycles. The summed E-state index contributed by atoms with van der Waals surface area (Å²) in [6, 6.07) is 9.03. The first-order valence-electron chi connectivity index (χ1n) is 5.51. The van der Waals surface area contributed by atoms with Crippen LogP contribution in [0.2, 0.25) is 0 Å². The number of aromatic hydroxyl groups is 1. The van der Waals surface area contributed by atoms with Crippen LogP contribution in [0.15, 0.2) is 42.5 Å². The number of carbonyl (C=O) groups is 1. The molecular formula is C14H11F2NO2. The minimum Gasteiger partial charge on any atom is -0.508 e. The number of hydrogen-bond donors (Lipinski definition) is 1. The summed E-state index contributed by atoms with van der Waals surface area (Å²) in [5.41, 5.74) is 0.486. The van der Waals surface area contributed by atoms with Crippen molar-refractivity contribution in [2.75, 3.05) is 11.9 Å². The molecule has 0 saturated carbocycles. The van der Waals surface area contributed by atoms with E-state index in [0.29, 0.717) is 5.69 Å². The zero-order valence-electron chi connectivity index (χ0n) is 10.1. The fourth-order valence-corrected chi connectivity index (χ4v) is 1.64. The maximum absolute atomic E-state index is 13.1. The molecule has 2 aromatic carbocycles. The average molecular weight is 263 g/mol. The Kier molecular flexibility index (Phi) is 3.46. The summed E-state index contributed by atoms with van der Waals surface area (Å²) in [5, 5.41) is 9.35. The van der Waals surface area contributed by atoms with Gasteiger partial charge in [0, 0.05) is 24.4 Å². The Bertz CT molecular complexity index is 629. The second-order valence-corrected chi connectivity index (χ2v) is 4.01. The summed E-state index contributed by atoms with van der Waals surface area (Å²) in [5.74, 6) is -2.56. The molecule has 0 spiro atoms. The first kappa shape index (κ1) is 13.0. The van der Waals surface area contributed by atoms with Crippen molar-refractivity contribution in [2.24, 2.45) is 0 Å². The molecule has 2 aromatic rings. The molecule has 0 aliphatic carbocycles. The van der Waals surface area contributed by atoms with Gasteiger partial charge in [-0.3, -0.25) is 4.79 Å². The Hall–Kier alpha value is -2.43. The Morgan fingerprint density at radius 1 is 1.11 bits per heavy atom. The van der Waals surface area contributed by atoms with Gasteiger partial charge in [0.2, 0.25) is 0 Å². The molecular weight excluding hydrogens is 252 g/mol. The number of anilines is 1. The first-order chi connectivity index (χ1) is 8.99. The van der Waals surface area contributed by atoms with Crippen LogP contribution in [0.4, 0.5) is 14.5 Å². The van der Waals surface area contributed by atoms with Crippen molar-refractivity contribution in [1.82, 2.24) is 0 Å². The molecule has 98 valence electrons. The molecule has 0 radical (unpaired) electrons. The third kappa shape index (κ3) is 2.70. The van der Waals surface area contributed by atoms with Crippen LogP contribution in [-0.2, 0) is 0 Å². The van der Waals surface area contributed by atoms with Crippen LogP contribution in [0.1, 0.15) is 10.4 Å². The summed E-state index contributed by atoms with van der Waals surface area (Å²) in [4.78, 5) is 13.3. The lowest BCUT2D eigenvalue weighted by Gasteiger charge is -2.17. The minimum absolute atomic E-state index is 0.0161. The Labute approximate surface area is 108 Å². The van der Waals surface area contributed by atoms with Crippen molar-refractivity contribution in [3.05, 3.63) is 59.7 Å². The van der Waals surface area contributed by atoms with Crippen LogP contribution in [0.3, 0.4) is 0 Å². The van der Waals surface area contributed by atoms with Gasteiger partial charge >= 0.3 is 0 Å². The van der Waals surface area contributed by atoms with Crippen LogP contribution in [0.5, 0.6) is 5.75 Å². The van der Waals surface area contributed by atoms with Gasteiger partial charge in [-0.1, -0.05) is 6.07 Å². The highest BCUT2D eigenvalue weighted by molar-refractivity contribution is 6.05. The first-order valence-corrected chi connectivity index (χ1v) is 5.51. The normalized spacial score (nSPS) is 10.3. The standard InChI is InChI=1S/C14H11F2NO2/c1-17(10-3-2-4-11(18)8-10)14(19)9-5-6-12(15)13(16)7-9/h2-8,18H,1H3. The molecule has 1 N–H and O–H groups in total. The van der Waals surface area contributed by atoms with Gasteiger partial charge in [0.15, 0.2) is 11.6 Å². The molecule has 0 atom stereocenters. The molecule has 0 unspecified atom stereocenters. The lowest BCUT2D eigenvalue weighted by molar-refractivity contribution is 0.0992. The summed E-state index contributed by atoms with van der Waals surface area (Å²) >= 11 is 0. The molecule has 0 fully saturated rings. The Morgan fingerprint density at radius 3 is 2.47 bits per heavy atom. The lowest BCUT2D eigenvalue weighted by Crippen LogP contribution is -2.26. The van der Waals surface area contributed by atoms with E-state index in [0.717, 1.165) is 12.1 Å². The summed E-state index contributed by atoms with van der Waals surface area (Å²) in [6.07, 6.45) is 0.